The Bertz CT molecular complexity index is 508. The molecular formula is C17H24N2O3. The Hall–Kier alpha value is -1.46. The van der Waals surface area contributed by atoms with Gasteiger partial charge in [-0.3, -0.25) is 9.78 Å². The lowest BCUT2D eigenvalue weighted by Crippen LogP contribution is -2.58. The molecule has 2 atom stereocenters. The molecule has 3 heterocycles. The predicted octanol–water partition coefficient (Wildman–Crippen LogP) is 2.13. The van der Waals surface area contributed by atoms with E-state index in [4.69, 9.17) is 9.47 Å². The molecule has 0 aromatic carbocycles. The quantitative estimate of drug-likeness (QED) is 0.855. The van der Waals surface area contributed by atoms with E-state index in [1.807, 2.05) is 17.9 Å². The number of ether oxygens (including phenoxy) is 2. The van der Waals surface area contributed by atoms with Gasteiger partial charge in [0.05, 0.1) is 18.3 Å². The Morgan fingerprint density at radius 1 is 1.59 bits per heavy atom. The van der Waals surface area contributed by atoms with Crippen LogP contribution in [0.5, 0.6) is 0 Å². The number of fused-ring (bicyclic) bond motifs is 1. The van der Waals surface area contributed by atoms with Crippen molar-refractivity contribution in [2.45, 2.75) is 32.3 Å². The van der Waals surface area contributed by atoms with Crippen molar-refractivity contribution in [1.82, 2.24) is 9.88 Å². The van der Waals surface area contributed by atoms with E-state index < -0.39 is 0 Å². The van der Waals surface area contributed by atoms with Crippen LogP contribution in [0.15, 0.2) is 24.5 Å². The second-order valence-corrected chi connectivity index (χ2v) is 6.22. The second kappa shape index (κ2) is 6.75. The molecule has 2 saturated heterocycles. The Labute approximate surface area is 131 Å². The van der Waals surface area contributed by atoms with E-state index in [-0.39, 0.29) is 17.4 Å². The lowest BCUT2D eigenvalue weighted by atomic mass is 9.73. The fourth-order valence-electron chi connectivity index (χ4n) is 3.65. The Balaban J connectivity index is 1.76. The molecule has 0 unspecified atom stereocenters. The van der Waals surface area contributed by atoms with Crippen LogP contribution in [-0.4, -0.2) is 54.8 Å². The van der Waals surface area contributed by atoms with Crippen LogP contribution in [0.1, 0.15) is 36.5 Å². The van der Waals surface area contributed by atoms with Gasteiger partial charge < -0.3 is 14.4 Å². The summed E-state index contributed by atoms with van der Waals surface area (Å²) >= 11 is 0. The zero-order valence-electron chi connectivity index (χ0n) is 13.2. The van der Waals surface area contributed by atoms with E-state index in [0.717, 1.165) is 32.4 Å². The van der Waals surface area contributed by atoms with Crippen molar-refractivity contribution in [3.8, 4) is 0 Å². The number of rotatable bonds is 4. The third-order valence-electron chi connectivity index (χ3n) is 4.78. The highest BCUT2D eigenvalue weighted by molar-refractivity contribution is 5.94. The van der Waals surface area contributed by atoms with Crippen LogP contribution >= 0.6 is 0 Å². The highest BCUT2D eigenvalue weighted by atomic mass is 16.5. The van der Waals surface area contributed by atoms with Gasteiger partial charge in [-0.1, -0.05) is 0 Å². The molecule has 0 radical (unpaired) electrons. The van der Waals surface area contributed by atoms with Gasteiger partial charge in [0.15, 0.2) is 0 Å². The van der Waals surface area contributed by atoms with Crippen LogP contribution in [0.25, 0.3) is 0 Å². The summed E-state index contributed by atoms with van der Waals surface area (Å²) in [5, 5.41) is 0. The molecule has 0 aliphatic carbocycles. The molecule has 1 amide bonds. The van der Waals surface area contributed by atoms with E-state index in [2.05, 4.69) is 4.98 Å². The van der Waals surface area contributed by atoms with Crippen LogP contribution in [0.2, 0.25) is 0 Å². The summed E-state index contributed by atoms with van der Waals surface area (Å²) in [4.78, 5) is 18.7. The molecule has 0 spiro atoms. The van der Waals surface area contributed by atoms with Gasteiger partial charge in [-0.2, -0.15) is 0 Å². The topological polar surface area (TPSA) is 51.7 Å². The molecule has 1 aromatic rings. The number of likely N-dealkylation sites (tertiary alicyclic amines) is 1. The molecule has 2 aliphatic heterocycles. The van der Waals surface area contributed by atoms with Crippen molar-refractivity contribution in [2.24, 2.45) is 5.41 Å². The maximum absolute atomic E-state index is 12.7. The number of carbonyl (C=O) groups is 1. The first-order valence-corrected chi connectivity index (χ1v) is 8.14. The van der Waals surface area contributed by atoms with Crippen molar-refractivity contribution >= 4 is 5.91 Å². The SMILES string of the molecule is CCOC[C@]12CCCO[C@@H]1CCN(C(=O)c1cccnc1)C2. The monoisotopic (exact) mass is 304 g/mol. The average Bonchev–Trinajstić information content (AvgIpc) is 2.59. The largest absolute Gasteiger partial charge is 0.381 e. The van der Waals surface area contributed by atoms with Gasteiger partial charge in [0.2, 0.25) is 0 Å². The molecular weight excluding hydrogens is 280 g/mol. The van der Waals surface area contributed by atoms with Gasteiger partial charge in [0, 0.05) is 44.1 Å². The smallest absolute Gasteiger partial charge is 0.255 e. The molecule has 0 N–H and O–H groups in total. The van der Waals surface area contributed by atoms with Crippen LogP contribution in [0.3, 0.4) is 0 Å². The first-order valence-electron chi connectivity index (χ1n) is 8.14. The van der Waals surface area contributed by atoms with E-state index in [1.165, 1.54) is 0 Å². The Kier molecular flexibility index (Phi) is 4.74. The normalized spacial score (nSPS) is 28.2. The zero-order valence-corrected chi connectivity index (χ0v) is 13.2. The van der Waals surface area contributed by atoms with Gasteiger partial charge in [-0.05, 0) is 38.3 Å². The van der Waals surface area contributed by atoms with E-state index in [9.17, 15) is 4.79 Å². The minimum Gasteiger partial charge on any atom is -0.381 e. The van der Waals surface area contributed by atoms with Crippen LogP contribution in [0.4, 0.5) is 0 Å². The third-order valence-corrected chi connectivity index (χ3v) is 4.78. The average molecular weight is 304 g/mol. The maximum Gasteiger partial charge on any atom is 0.255 e. The number of carbonyl (C=O) groups excluding carboxylic acids is 1. The van der Waals surface area contributed by atoms with Crippen LogP contribution in [-0.2, 0) is 9.47 Å². The molecule has 0 bridgehead atoms. The minimum absolute atomic E-state index is 0.0512. The number of aromatic nitrogens is 1. The molecule has 3 rings (SSSR count). The summed E-state index contributed by atoms with van der Waals surface area (Å²) < 4.78 is 11.7. The maximum atomic E-state index is 12.7. The summed E-state index contributed by atoms with van der Waals surface area (Å²) in [6, 6.07) is 3.63. The summed E-state index contributed by atoms with van der Waals surface area (Å²) in [6.45, 7) is 5.67. The van der Waals surface area contributed by atoms with E-state index in [1.54, 1.807) is 18.5 Å². The summed E-state index contributed by atoms with van der Waals surface area (Å²) in [5.41, 5.74) is 0.605. The highest BCUT2D eigenvalue weighted by Crippen LogP contribution is 2.40. The van der Waals surface area contributed by atoms with Crippen molar-refractivity contribution in [2.75, 3.05) is 32.9 Å². The molecule has 0 saturated carbocycles. The summed E-state index contributed by atoms with van der Waals surface area (Å²) in [6.07, 6.45) is 6.53. The third kappa shape index (κ3) is 3.01. The van der Waals surface area contributed by atoms with Gasteiger partial charge in [-0.15, -0.1) is 0 Å². The van der Waals surface area contributed by atoms with Gasteiger partial charge >= 0.3 is 0 Å². The Morgan fingerprint density at radius 3 is 3.27 bits per heavy atom. The van der Waals surface area contributed by atoms with E-state index in [0.29, 0.717) is 25.3 Å². The number of piperidine rings is 1. The van der Waals surface area contributed by atoms with Crippen molar-refractivity contribution in [3.05, 3.63) is 30.1 Å². The minimum atomic E-state index is -0.0512. The second-order valence-electron chi connectivity index (χ2n) is 6.22. The fourth-order valence-corrected chi connectivity index (χ4v) is 3.65. The van der Waals surface area contributed by atoms with Crippen LogP contribution in [0, 0.1) is 5.41 Å². The number of nitrogens with zero attached hydrogens (tertiary/aromatic N) is 2. The summed E-state index contributed by atoms with van der Waals surface area (Å²) in [7, 11) is 0. The number of amides is 1. The van der Waals surface area contributed by atoms with E-state index >= 15 is 0 Å². The van der Waals surface area contributed by atoms with Gasteiger partial charge in [0.1, 0.15) is 0 Å². The van der Waals surface area contributed by atoms with Crippen LogP contribution < -0.4 is 0 Å². The first kappa shape index (κ1) is 15.4. The van der Waals surface area contributed by atoms with Crippen molar-refractivity contribution in [1.29, 1.82) is 0 Å². The molecule has 2 aliphatic rings. The zero-order chi connectivity index (χ0) is 15.4. The van der Waals surface area contributed by atoms with Gasteiger partial charge in [0.25, 0.3) is 5.91 Å². The lowest BCUT2D eigenvalue weighted by Gasteiger charge is -2.50. The lowest BCUT2D eigenvalue weighted by molar-refractivity contribution is -0.146. The highest BCUT2D eigenvalue weighted by Gasteiger charge is 2.47. The molecule has 5 nitrogen and oxygen atoms in total. The van der Waals surface area contributed by atoms with Crippen molar-refractivity contribution < 1.29 is 14.3 Å². The van der Waals surface area contributed by atoms with Crippen molar-refractivity contribution in [3.63, 3.8) is 0 Å². The predicted molar refractivity (Wildman–Crippen MR) is 82.7 cm³/mol. The Morgan fingerprint density at radius 2 is 2.50 bits per heavy atom. The number of hydrogen-bond donors (Lipinski definition) is 0. The molecule has 2 fully saturated rings. The molecule has 22 heavy (non-hydrogen) atoms. The van der Waals surface area contributed by atoms with Gasteiger partial charge in [-0.25, -0.2) is 0 Å². The fraction of sp³-hybridized carbons (Fsp3) is 0.647. The molecule has 120 valence electrons. The standard InChI is InChI=1S/C17H24N2O3/c1-2-21-13-17-7-4-10-22-15(17)6-9-19(12-17)16(20)14-5-3-8-18-11-14/h3,5,8,11,15H,2,4,6-7,9-10,12-13H2,1H3/t15-,17-/m1/s1. The summed E-state index contributed by atoms with van der Waals surface area (Å²) in [5.74, 6) is 0.0630. The number of pyridine rings is 1. The first-order chi connectivity index (χ1) is 10.7. The number of hydrogen-bond acceptors (Lipinski definition) is 4. The molecule has 1 aromatic heterocycles. The molecule has 5 heteroatoms.